The van der Waals surface area contributed by atoms with Gasteiger partial charge in [0.2, 0.25) is 5.91 Å². The van der Waals surface area contributed by atoms with Gasteiger partial charge in [0.05, 0.1) is 12.0 Å². The van der Waals surface area contributed by atoms with Crippen molar-refractivity contribution >= 4 is 17.6 Å². The molecule has 0 aliphatic carbocycles. The maximum Gasteiger partial charge on any atom is 0.337 e. The maximum atomic E-state index is 12.5. The molecule has 1 aliphatic rings. The molecule has 22 heavy (non-hydrogen) atoms. The van der Waals surface area contributed by atoms with Crippen molar-refractivity contribution in [3.63, 3.8) is 0 Å². The summed E-state index contributed by atoms with van der Waals surface area (Å²) in [6, 6.07) is 4.30. The van der Waals surface area contributed by atoms with E-state index >= 15 is 0 Å². The summed E-state index contributed by atoms with van der Waals surface area (Å²) in [5.74, 6) is -1.21. The minimum Gasteiger partial charge on any atom is -0.478 e. The summed E-state index contributed by atoms with van der Waals surface area (Å²) in [7, 11) is 0. The molecule has 1 aromatic heterocycles. The van der Waals surface area contributed by atoms with Crippen molar-refractivity contribution in [1.29, 1.82) is 0 Å². The predicted octanol–water partition coefficient (Wildman–Crippen LogP) is 2.96. The number of aryl methyl sites for hydroxylation is 2. The number of rotatable bonds is 1. The first-order valence-corrected chi connectivity index (χ1v) is 6.77. The second kappa shape index (κ2) is 6.01. The summed E-state index contributed by atoms with van der Waals surface area (Å²) in [4.78, 5) is 24.4. The third kappa shape index (κ3) is 3.16. The van der Waals surface area contributed by atoms with E-state index in [1.165, 1.54) is 12.1 Å². The molecule has 2 heterocycles. The molecule has 0 atom stereocenters. The van der Waals surface area contributed by atoms with E-state index in [4.69, 9.17) is 5.11 Å². The van der Waals surface area contributed by atoms with E-state index in [0.29, 0.717) is 12.0 Å². The fourth-order valence-corrected chi connectivity index (χ4v) is 2.42. The maximum absolute atomic E-state index is 12.5. The average Bonchev–Trinajstić information content (AvgIpc) is 2.89. The van der Waals surface area contributed by atoms with Crippen molar-refractivity contribution in [1.82, 2.24) is 4.98 Å². The monoisotopic (exact) mass is 304 g/mol. The van der Waals surface area contributed by atoms with Crippen LogP contribution in [0.1, 0.15) is 32.9 Å². The predicted molar refractivity (Wildman–Crippen MR) is 80.7 cm³/mol. The molecule has 0 unspecified atom stereocenters. The van der Waals surface area contributed by atoms with E-state index in [9.17, 15) is 14.0 Å². The van der Waals surface area contributed by atoms with Gasteiger partial charge in [-0.05, 0) is 50.1 Å². The van der Waals surface area contributed by atoms with Crippen LogP contribution in [-0.2, 0) is 11.2 Å². The minimum atomic E-state index is -0.857. The number of amides is 1. The molecule has 0 bridgehead atoms. The fraction of sp³-hybridized carbons (Fsp3) is 0.250. The molecule has 1 aliphatic heterocycles. The number of carboxylic acid groups (broad SMARTS) is 1. The Morgan fingerprint density at radius 3 is 2.41 bits per heavy atom. The third-order valence-electron chi connectivity index (χ3n) is 3.59. The number of hydrogen-bond donors (Lipinski definition) is 3. The summed E-state index contributed by atoms with van der Waals surface area (Å²) in [6.07, 6.45) is 0.299. The van der Waals surface area contributed by atoms with Crippen molar-refractivity contribution in [3.05, 3.63) is 52.1 Å². The highest BCUT2D eigenvalue weighted by molar-refractivity contribution is 5.99. The van der Waals surface area contributed by atoms with Crippen LogP contribution in [0.25, 0.3) is 0 Å². The van der Waals surface area contributed by atoms with E-state index in [-0.39, 0.29) is 11.7 Å². The van der Waals surface area contributed by atoms with Crippen LogP contribution in [0.2, 0.25) is 0 Å². The molecule has 0 saturated heterocycles. The number of benzene rings is 1. The second-order valence-corrected chi connectivity index (χ2v) is 5.21. The molecule has 116 valence electrons. The first kappa shape index (κ1) is 15.8. The van der Waals surface area contributed by atoms with E-state index in [0.717, 1.165) is 28.2 Å². The Morgan fingerprint density at radius 1 is 1.23 bits per heavy atom. The van der Waals surface area contributed by atoms with Crippen LogP contribution in [0, 0.1) is 26.6 Å². The number of halogens is 1. The number of aromatic carboxylic acids is 1. The number of carboxylic acids is 1. The molecule has 0 radical (unpaired) electrons. The van der Waals surface area contributed by atoms with E-state index in [1.54, 1.807) is 13.0 Å². The molecule has 2 aromatic rings. The Balaban J connectivity index is 0.000000160. The van der Waals surface area contributed by atoms with Crippen LogP contribution in [0.3, 0.4) is 0 Å². The molecule has 0 saturated carbocycles. The Hall–Kier alpha value is -2.63. The highest BCUT2D eigenvalue weighted by Gasteiger charge is 2.17. The zero-order chi connectivity index (χ0) is 16.4. The number of aromatic nitrogens is 1. The molecular weight excluding hydrogens is 287 g/mol. The van der Waals surface area contributed by atoms with Crippen molar-refractivity contribution in [3.8, 4) is 0 Å². The van der Waals surface area contributed by atoms with Gasteiger partial charge in [-0.1, -0.05) is 0 Å². The lowest BCUT2D eigenvalue weighted by atomic mass is 10.1. The number of aromatic amines is 1. The summed E-state index contributed by atoms with van der Waals surface area (Å²) in [5.41, 5.74) is 4.37. The van der Waals surface area contributed by atoms with Gasteiger partial charge >= 0.3 is 5.97 Å². The third-order valence-corrected chi connectivity index (χ3v) is 3.59. The molecular formula is C16H17FN2O3. The van der Waals surface area contributed by atoms with Gasteiger partial charge < -0.3 is 15.4 Å². The van der Waals surface area contributed by atoms with Crippen LogP contribution in [0.15, 0.2) is 18.2 Å². The standard InChI is InChI=1S/C8H6FNO.C8H11NO2/c9-6-1-2-7-5(3-6)4-8(11)10-7;1-4-5(2)9-6(3)7(4)8(10)11/h1-3H,4H2,(H,10,11);9H,1-3H3,(H,10,11). The molecule has 3 rings (SSSR count). The summed E-state index contributed by atoms with van der Waals surface area (Å²) < 4.78 is 12.5. The normalized spacial score (nSPS) is 12.3. The first-order chi connectivity index (χ1) is 10.3. The van der Waals surface area contributed by atoms with Crippen molar-refractivity contribution in [2.75, 3.05) is 5.32 Å². The summed E-state index contributed by atoms with van der Waals surface area (Å²) in [5, 5.41) is 11.4. The van der Waals surface area contributed by atoms with Crippen LogP contribution in [0.4, 0.5) is 10.1 Å². The van der Waals surface area contributed by atoms with Gasteiger partial charge in [-0.2, -0.15) is 0 Å². The number of anilines is 1. The smallest absolute Gasteiger partial charge is 0.337 e. The highest BCUT2D eigenvalue weighted by atomic mass is 19.1. The topological polar surface area (TPSA) is 82.2 Å². The van der Waals surface area contributed by atoms with E-state index in [2.05, 4.69) is 10.3 Å². The van der Waals surface area contributed by atoms with Crippen LogP contribution in [-0.4, -0.2) is 22.0 Å². The van der Waals surface area contributed by atoms with Crippen molar-refractivity contribution in [2.45, 2.75) is 27.2 Å². The van der Waals surface area contributed by atoms with Gasteiger partial charge in [0.15, 0.2) is 0 Å². The average molecular weight is 304 g/mol. The number of carbonyl (C=O) groups is 2. The lowest BCUT2D eigenvalue weighted by molar-refractivity contribution is -0.115. The Labute approximate surface area is 127 Å². The zero-order valence-electron chi connectivity index (χ0n) is 12.6. The molecule has 3 N–H and O–H groups in total. The van der Waals surface area contributed by atoms with Crippen LogP contribution >= 0.6 is 0 Å². The summed E-state index contributed by atoms with van der Waals surface area (Å²) in [6.45, 7) is 5.44. The van der Waals surface area contributed by atoms with Gasteiger partial charge in [-0.25, -0.2) is 9.18 Å². The lowest BCUT2D eigenvalue weighted by Gasteiger charge is -1.95. The van der Waals surface area contributed by atoms with Gasteiger partial charge in [-0.3, -0.25) is 4.79 Å². The minimum absolute atomic E-state index is 0.0643. The van der Waals surface area contributed by atoms with Gasteiger partial charge in [-0.15, -0.1) is 0 Å². The Morgan fingerprint density at radius 2 is 1.91 bits per heavy atom. The first-order valence-electron chi connectivity index (χ1n) is 6.77. The number of H-pyrrole nitrogens is 1. The molecule has 1 amide bonds. The van der Waals surface area contributed by atoms with E-state index < -0.39 is 5.97 Å². The zero-order valence-corrected chi connectivity index (χ0v) is 12.6. The largest absolute Gasteiger partial charge is 0.478 e. The molecule has 1 aromatic carbocycles. The quantitative estimate of drug-likeness (QED) is 0.757. The molecule has 0 spiro atoms. The van der Waals surface area contributed by atoms with Crippen LogP contribution < -0.4 is 5.32 Å². The van der Waals surface area contributed by atoms with Gasteiger partial charge in [0.1, 0.15) is 5.82 Å². The fourth-order valence-electron chi connectivity index (χ4n) is 2.42. The number of nitrogens with one attached hydrogen (secondary N) is 2. The van der Waals surface area contributed by atoms with Gasteiger partial charge in [0.25, 0.3) is 0 Å². The van der Waals surface area contributed by atoms with E-state index in [1.807, 2.05) is 13.8 Å². The highest BCUT2D eigenvalue weighted by Crippen LogP contribution is 2.22. The summed E-state index contributed by atoms with van der Waals surface area (Å²) >= 11 is 0. The Kier molecular flexibility index (Phi) is 4.30. The molecule has 6 heteroatoms. The van der Waals surface area contributed by atoms with Crippen molar-refractivity contribution < 1.29 is 19.1 Å². The number of hydrogen-bond acceptors (Lipinski definition) is 2. The van der Waals surface area contributed by atoms with Crippen molar-refractivity contribution in [2.24, 2.45) is 0 Å². The van der Waals surface area contributed by atoms with Gasteiger partial charge in [0, 0.05) is 17.1 Å². The number of fused-ring (bicyclic) bond motifs is 1. The SMILES string of the molecule is Cc1[nH]c(C)c(C(=O)O)c1C.O=C1Cc2cc(F)ccc2N1. The molecule has 5 nitrogen and oxygen atoms in total. The Bertz CT molecular complexity index is 750. The number of carbonyl (C=O) groups excluding carboxylic acids is 1. The van der Waals surface area contributed by atoms with Crippen LogP contribution in [0.5, 0.6) is 0 Å². The second-order valence-electron chi connectivity index (χ2n) is 5.21. The molecule has 0 fully saturated rings. The lowest BCUT2D eigenvalue weighted by Crippen LogP contribution is -2.03.